The minimum absolute atomic E-state index is 0.0388. The van der Waals surface area contributed by atoms with E-state index in [1.807, 2.05) is 6.92 Å². The molecule has 1 aliphatic carbocycles. The second kappa shape index (κ2) is 5.15. The second-order valence-electron chi connectivity index (χ2n) is 4.90. The summed E-state index contributed by atoms with van der Waals surface area (Å²) < 4.78 is 0. The third-order valence-corrected chi connectivity index (χ3v) is 4.60. The molecule has 0 aromatic carbocycles. The lowest BCUT2D eigenvalue weighted by atomic mass is 9.83. The zero-order valence-corrected chi connectivity index (χ0v) is 10.9. The highest BCUT2D eigenvalue weighted by Crippen LogP contribution is 2.39. The van der Waals surface area contributed by atoms with Gasteiger partial charge >= 0.3 is 0 Å². The number of thiophene rings is 1. The normalized spacial score (nSPS) is 19.6. The van der Waals surface area contributed by atoms with E-state index in [0.717, 1.165) is 11.5 Å². The van der Waals surface area contributed by atoms with Crippen LogP contribution in [-0.4, -0.2) is 0 Å². The van der Waals surface area contributed by atoms with E-state index in [4.69, 9.17) is 5.73 Å². The van der Waals surface area contributed by atoms with Gasteiger partial charge in [-0.05, 0) is 42.7 Å². The van der Waals surface area contributed by atoms with Crippen molar-refractivity contribution in [3.63, 3.8) is 0 Å². The van der Waals surface area contributed by atoms with Crippen LogP contribution >= 0.6 is 11.3 Å². The first-order valence-corrected chi connectivity index (χ1v) is 7.06. The van der Waals surface area contributed by atoms with Gasteiger partial charge in [-0.1, -0.05) is 31.4 Å². The first kappa shape index (κ1) is 11.9. The predicted octanol–water partition coefficient (Wildman–Crippen LogP) is 4.37. The molecule has 88 valence electrons. The van der Waals surface area contributed by atoms with Crippen molar-refractivity contribution in [2.75, 3.05) is 0 Å². The van der Waals surface area contributed by atoms with E-state index in [9.17, 15) is 0 Å². The number of rotatable bonds is 3. The minimum atomic E-state index is 0.0388. The Balaban J connectivity index is 2.20. The van der Waals surface area contributed by atoms with Gasteiger partial charge in [0.25, 0.3) is 0 Å². The smallest absolute Gasteiger partial charge is 0.0602 e. The topological polar surface area (TPSA) is 26.0 Å². The summed E-state index contributed by atoms with van der Waals surface area (Å²) in [5.41, 5.74) is 8.77. The van der Waals surface area contributed by atoms with Crippen LogP contribution in [0.1, 0.15) is 61.4 Å². The van der Waals surface area contributed by atoms with Crippen molar-refractivity contribution in [2.45, 2.75) is 51.0 Å². The van der Waals surface area contributed by atoms with Gasteiger partial charge in [-0.3, -0.25) is 0 Å². The zero-order chi connectivity index (χ0) is 11.5. The monoisotopic (exact) mass is 235 g/mol. The summed E-state index contributed by atoms with van der Waals surface area (Å²) in [6.07, 6.45) is 6.84. The molecule has 0 radical (unpaired) electrons. The molecule has 1 heterocycles. The molecule has 1 aromatic rings. The molecule has 1 aromatic heterocycles. The van der Waals surface area contributed by atoms with Crippen molar-refractivity contribution in [3.05, 3.63) is 34.0 Å². The van der Waals surface area contributed by atoms with Crippen molar-refractivity contribution in [3.8, 4) is 0 Å². The summed E-state index contributed by atoms with van der Waals surface area (Å²) in [6.45, 7) is 6.00. The molecule has 1 aliphatic rings. The molecular weight excluding hydrogens is 214 g/mol. The Morgan fingerprint density at radius 3 is 2.75 bits per heavy atom. The molecule has 1 nitrogen and oxygen atoms in total. The van der Waals surface area contributed by atoms with E-state index in [-0.39, 0.29) is 6.04 Å². The van der Waals surface area contributed by atoms with E-state index < -0.39 is 0 Å². The molecule has 2 N–H and O–H groups in total. The number of hydrogen-bond acceptors (Lipinski definition) is 2. The Kier molecular flexibility index (Phi) is 3.82. The van der Waals surface area contributed by atoms with Crippen LogP contribution in [0, 0.1) is 0 Å². The summed E-state index contributed by atoms with van der Waals surface area (Å²) >= 11 is 1.79. The maximum absolute atomic E-state index is 6.20. The van der Waals surface area contributed by atoms with Gasteiger partial charge in [-0.25, -0.2) is 0 Å². The molecule has 0 saturated heterocycles. The number of hydrogen-bond donors (Lipinski definition) is 1. The quantitative estimate of drug-likeness (QED) is 0.773. The molecule has 2 heteroatoms. The fourth-order valence-electron chi connectivity index (χ4n) is 2.56. The van der Waals surface area contributed by atoms with E-state index >= 15 is 0 Å². The average molecular weight is 235 g/mol. The summed E-state index contributed by atoms with van der Waals surface area (Å²) in [6, 6.07) is 2.32. The summed E-state index contributed by atoms with van der Waals surface area (Å²) in [5.74, 6) is 0.750. The average Bonchev–Trinajstić information content (AvgIpc) is 2.77. The second-order valence-corrected chi connectivity index (χ2v) is 5.85. The largest absolute Gasteiger partial charge is 0.320 e. The third-order valence-electron chi connectivity index (χ3n) is 3.59. The lowest BCUT2D eigenvalue weighted by Crippen LogP contribution is -2.13. The van der Waals surface area contributed by atoms with Gasteiger partial charge < -0.3 is 5.73 Å². The first-order chi connectivity index (χ1) is 7.70. The summed E-state index contributed by atoms with van der Waals surface area (Å²) in [7, 11) is 0. The highest BCUT2D eigenvalue weighted by molar-refractivity contribution is 7.10. The lowest BCUT2D eigenvalue weighted by Gasteiger charge is -2.24. The first-order valence-electron chi connectivity index (χ1n) is 6.18. The highest BCUT2D eigenvalue weighted by Gasteiger charge is 2.22. The van der Waals surface area contributed by atoms with Crippen LogP contribution in [0.4, 0.5) is 0 Å². The van der Waals surface area contributed by atoms with Crippen LogP contribution in [0.5, 0.6) is 0 Å². The van der Waals surface area contributed by atoms with Crippen LogP contribution < -0.4 is 5.73 Å². The molecule has 0 aliphatic heterocycles. The van der Waals surface area contributed by atoms with Crippen LogP contribution in [-0.2, 0) is 0 Å². The Bertz CT molecular complexity index is 361. The van der Waals surface area contributed by atoms with Crippen LogP contribution in [0.3, 0.4) is 0 Å². The Hall–Kier alpha value is -0.600. The molecule has 1 fully saturated rings. The molecule has 1 unspecified atom stereocenters. The zero-order valence-electron chi connectivity index (χ0n) is 10.0. The maximum Gasteiger partial charge on any atom is 0.0602 e. The van der Waals surface area contributed by atoms with Gasteiger partial charge in [-0.15, -0.1) is 11.3 Å². The van der Waals surface area contributed by atoms with Gasteiger partial charge in [0.15, 0.2) is 0 Å². The number of nitrogens with two attached hydrogens (primary N) is 1. The van der Waals surface area contributed by atoms with Crippen molar-refractivity contribution >= 4 is 11.3 Å². The highest BCUT2D eigenvalue weighted by atomic mass is 32.1. The van der Waals surface area contributed by atoms with Crippen molar-refractivity contribution in [1.82, 2.24) is 0 Å². The molecule has 0 amide bonds. The van der Waals surface area contributed by atoms with E-state index in [2.05, 4.69) is 18.0 Å². The standard InChI is InChI=1S/C14H21NS/c1-10(2)13(15)14-12(8-9-16-14)11-6-4-3-5-7-11/h8-9,11,13H,1,3-7,15H2,2H3. The van der Waals surface area contributed by atoms with Crippen LogP contribution in [0.2, 0.25) is 0 Å². The Labute approximate surface area is 102 Å². The van der Waals surface area contributed by atoms with Gasteiger partial charge in [0.05, 0.1) is 6.04 Å². The Morgan fingerprint density at radius 1 is 1.44 bits per heavy atom. The van der Waals surface area contributed by atoms with Gasteiger partial charge in [0.2, 0.25) is 0 Å². The Morgan fingerprint density at radius 2 is 2.12 bits per heavy atom. The molecule has 1 atom stereocenters. The SMILES string of the molecule is C=C(C)C(N)c1sccc1C1CCCCC1. The molecule has 0 spiro atoms. The maximum atomic E-state index is 6.20. The van der Waals surface area contributed by atoms with Crippen molar-refractivity contribution in [1.29, 1.82) is 0 Å². The molecule has 0 bridgehead atoms. The van der Waals surface area contributed by atoms with Crippen molar-refractivity contribution < 1.29 is 0 Å². The summed E-state index contributed by atoms with van der Waals surface area (Å²) in [4.78, 5) is 1.35. The van der Waals surface area contributed by atoms with Gasteiger partial charge in [0, 0.05) is 4.88 Å². The van der Waals surface area contributed by atoms with Gasteiger partial charge in [-0.2, -0.15) is 0 Å². The van der Waals surface area contributed by atoms with Crippen LogP contribution in [0.15, 0.2) is 23.6 Å². The molecular formula is C14H21NS. The fourth-order valence-corrected chi connectivity index (χ4v) is 3.64. The summed E-state index contributed by atoms with van der Waals surface area (Å²) in [5, 5.41) is 2.18. The van der Waals surface area contributed by atoms with E-state index in [1.165, 1.54) is 42.5 Å². The lowest BCUT2D eigenvalue weighted by molar-refractivity contribution is 0.442. The minimum Gasteiger partial charge on any atom is -0.320 e. The molecule has 16 heavy (non-hydrogen) atoms. The fraction of sp³-hybridized carbons (Fsp3) is 0.571. The molecule has 1 saturated carbocycles. The van der Waals surface area contributed by atoms with E-state index in [0.29, 0.717) is 0 Å². The molecule has 2 rings (SSSR count). The third kappa shape index (κ3) is 2.38. The predicted molar refractivity (Wildman–Crippen MR) is 71.9 cm³/mol. The van der Waals surface area contributed by atoms with Crippen molar-refractivity contribution in [2.24, 2.45) is 5.73 Å². The van der Waals surface area contributed by atoms with Gasteiger partial charge in [0.1, 0.15) is 0 Å². The van der Waals surface area contributed by atoms with E-state index in [1.54, 1.807) is 11.3 Å². The van der Waals surface area contributed by atoms with Crippen LogP contribution in [0.25, 0.3) is 0 Å².